The summed E-state index contributed by atoms with van der Waals surface area (Å²) in [5, 5.41) is 0. The van der Waals surface area contributed by atoms with Gasteiger partial charge in [0.25, 0.3) is 0 Å². The zero-order valence-corrected chi connectivity index (χ0v) is 17.2. The average molecular weight is 396 g/mol. The van der Waals surface area contributed by atoms with Crippen molar-refractivity contribution in [1.82, 2.24) is 9.80 Å². The Hall–Kier alpha value is -2.96. The van der Waals surface area contributed by atoms with Gasteiger partial charge in [-0.2, -0.15) is 0 Å². The number of amides is 4. The number of barbiturate groups is 1. The molecule has 1 unspecified atom stereocenters. The first-order chi connectivity index (χ1) is 13.5. The Morgan fingerprint density at radius 3 is 2.21 bits per heavy atom. The second-order valence-corrected chi connectivity index (χ2v) is 8.95. The summed E-state index contributed by atoms with van der Waals surface area (Å²) in [5.74, 6) is -2.18. The number of ketones is 1. The minimum Gasteiger partial charge on any atom is -0.461 e. The van der Waals surface area contributed by atoms with E-state index in [0.29, 0.717) is 35.5 Å². The fourth-order valence-electron chi connectivity index (χ4n) is 4.58. The fraction of sp³-hybridized carbons (Fsp3) is 0.455. The number of ether oxygens (including phenoxy) is 1. The molecule has 1 aromatic rings. The number of allylic oxidation sites excluding steroid dienone is 2. The van der Waals surface area contributed by atoms with E-state index in [0.717, 1.165) is 15.4 Å². The predicted octanol–water partition coefficient (Wildman–Crippen LogP) is 2.78. The SMILES string of the molecule is Cc1ccc2c(c1)C(C1C(=O)N(C)C(=O)N(C)C1=O)C1=C(CC(C)(C)CC1=O)O2. The molecule has 2 heterocycles. The largest absolute Gasteiger partial charge is 0.461 e. The normalized spacial score (nSPS) is 24.5. The Labute approximate surface area is 169 Å². The van der Waals surface area contributed by atoms with E-state index in [-0.39, 0.29) is 11.2 Å². The summed E-state index contributed by atoms with van der Waals surface area (Å²) in [7, 11) is 2.72. The Bertz CT molecular complexity index is 982. The predicted molar refractivity (Wildman–Crippen MR) is 104 cm³/mol. The van der Waals surface area contributed by atoms with E-state index >= 15 is 0 Å². The van der Waals surface area contributed by atoms with Gasteiger partial charge in [-0.1, -0.05) is 31.5 Å². The van der Waals surface area contributed by atoms with E-state index in [1.54, 1.807) is 0 Å². The topological polar surface area (TPSA) is 84.0 Å². The van der Waals surface area contributed by atoms with Gasteiger partial charge in [0.1, 0.15) is 17.4 Å². The minimum atomic E-state index is -1.18. The van der Waals surface area contributed by atoms with Crippen molar-refractivity contribution in [2.75, 3.05) is 14.1 Å². The summed E-state index contributed by atoms with van der Waals surface area (Å²) in [6.45, 7) is 5.89. The molecule has 3 aliphatic rings. The van der Waals surface area contributed by atoms with Crippen molar-refractivity contribution in [3.05, 3.63) is 40.7 Å². The number of aryl methyl sites for hydroxylation is 1. The molecule has 1 aliphatic carbocycles. The number of imide groups is 2. The lowest BCUT2D eigenvalue weighted by molar-refractivity contribution is -0.148. The monoisotopic (exact) mass is 396 g/mol. The number of hydrogen-bond acceptors (Lipinski definition) is 5. The highest BCUT2D eigenvalue weighted by Gasteiger charge is 2.53. The third-order valence-electron chi connectivity index (χ3n) is 6.02. The van der Waals surface area contributed by atoms with Crippen molar-refractivity contribution in [2.45, 2.75) is 39.5 Å². The van der Waals surface area contributed by atoms with Crippen LogP contribution in [0.3, 0.4) is 0 Å². The molecule has 1 fully saturated rings. The molecule has 7 heteroatoms. The van der Waals surface area contributed by atoms with Gasteiger partial charge in [0, 0.05) is 44.0 Å². The molecular formula is C22H24N2O5. The van der Waals surface area contributed by atoms with Gasteiger partial charge < -0.3 is 4.74 Å². The third-order valence-corrected chi connectivity index (χ3v) is 6.02. The first-order valence-corrected chi connectivity index (χ1v) is 9.65. The lowest BCUT2D eigenvalue weighted by atomic mass is 9.67. The Morgan fingerprint density at radius 2 is 1.59 bits per heavy atom. The standard InChI is InChI=1S/C22H24N2O5/c1-11-6-7-14-12(8-11)16(17-13(25)9-22(2,3)10-15(17)29-14)18-19(26)23(4)21(28)24(5)20(18)27/h6-8,16,18H,9-10H2,1-5H3. The van der Waals surface area contributed by atoms with E-state index < -0.39 is 29.7 Å². The maximum absolute atomic E-state index is 13.2. The number of fused-ring (bicyclic) bond motifs is 1. The molecule has 0 bridgehead atoms. The van der Waals surface area contributed by atoms with Crippen molar-refractivity contribution < 1.29 is 23.9 Å². The molecule has 0 spiro atoms. The summed E-state index contributed by atoms with van der Waals surface area (Å²) in [4.78, 5) is 53.5. The molecule has 0 radical (unpaired) electrons. The molecule has 0 saturated carbocycles. The number of urea groups is 1. The van der Waals surface area contributed by atoms with Crippen molar-refractivity contribution in [1.29, 1.82) is 0 Å². The number of nitrogens with zero attached hydrogens (tertiary/aromatic N) is 2. The van der Waals surface area contributed by atoms with E-state index in [4.69, 9.17) is 4.74 Å². The Morgan fingerprint density at radius 1 is 0.966 bits per heavy atom. The molecule has 152 valence electrons. The van der Waals surface area contributed by atoms with Gasteiger partial charge in [0.2, 0.25) is 11.8 Å². The third kappa shape index (κ3) is 2.87. The van der Waals surface area contributed by atoms with Crippen molar-refractivity contribution in [3.8, 4) is 5.75 Å². The minimum absolute atomic E-state index is 0.115. The van der Waals surface area contributed by atoms with Gasteiger partial charge in [-0.15, -0.1) is 0 Å². The van der Waals surface area contributed by atoms with Gasteiger partial charge in [-0.25, -0.2) is 4.79 Å². The molecule has 7 nitrogen and oxygen atoms in total. The highest BCUT2D eigenvalue weighted by Crippen LogP contribution is 2.51. The van der Waals surface area contributed by atoms with Crippen LogP contribution in [0.25, 0.3) is 0 Å². The first-order valence-electron chi connectivity index (χ1n) is 9.65. The van der Waals surface area contributed by atoms with Gasteiger partial charge in [0.15, 0.2) is 5.78 Å². The van der Waals surface area contributed by atoms with Crippen LogP contribution in [0.5, 0.6) is 5.75 Å². The van der Waals surface area contributed by atoms with Crippen LogP contribution in [0.15, 0.2) is 29.5 Å². The van der Waals surface area contributed by atoms with Crippen LogP contribution in [0.2, 0.25) is 0 Å². The van der Waals surface area contributed by atoms with Gasteiger partial charge >= 0.3 is 6.03 Å². The number of benzene rings is 1. The van der Waals surface area contributed by atoms with E-state index in [9.17, 15) is 19.2 Å². The van der Waals surface area contributed by atoms with Crippen molar-refractivity contribution >= 4 is 23.6 Å². The molecule has 1 saturated heterocycles. The molecule has 4 amide bonds. The van der Waals surface area contributed by atoms with E-state index in [1.165, 1.54) is 14.1 Å². The number of Topliss-reactive ketones (excluding diaryl/α,β-unsaturated/α-hetero) is 1. The molecular weight excluding hydrogens is 372 g/mol. The molecule has 0 N–H and O–H groups in total. The van der Waals surface area contributed by atoms with Gasteiger partial charge in [0.05, 0.1) is 0 Å². The van der Waals surface area contributed by atoms with Crippen LogP contribution in [0, 0.1) is 18.3 Å². The number of rotatable bonds is 1. The molecule has 4 rings (SSSR count). The average Bonchev–Trinajstić information content (AvgIpc) is 2.63. The fourth-order valence-corrected chi connectivity index (χ4v) is 4.58. The second kappa shape index (κ2) is 6.27. The van der Waals surface area contributed by atoms with E-state index in [2.05, 4.69) is 0 Å². The maximum Gasteiger partial charge on any atom is 0.332 e. The van der Waals surface area contributed by atoms with E-state index in [1.807, 2.05) is 39.0 Å². The van der Waals surface area contributed by atoms with Crippen LogP contribution >= 0.6 is 0 Å². The molecule has 1 atom stereocenters. The lowest BCUT2D eigenvalue weighted by Gasteiger charge is -2.42. The van der Waals surface area contributed by atoms with Crippen LogP contribution in [0.1, 0.15) is 43.7 Å². The smallest absolute Gasteiger partial charge is 0.332 e. The Balaban J connectivity index is 1.94. The Kier molecular flexibility index (Phi) is 4.19. The zero-order valence-electron chi connectivity index (χ0n) is 17.2. The second-order valence-electron chi connectivity index (χ2n) is 8.95. The van der Waals surface area contributed by atoms with Crippen LogP contribution < -0.4 is 4.74 Å². The zero-order chi connectivity index (χ0) is 21.2. The van der Waals surface area contributed by atoms with Crippen molar-refractivity contribution in [2.24, 2.45) is 11.3 Å². The quantitative estimate of drug-likeness (QED) is 0.682. The van der Waals surface area contributed by atoms with Crippen LogP contribution in [0.4, 0.5) is 4.79 Å². The number of carbonyl (C=O) groups is 4. The van der Waals surface area contributed by atoms with Crippen molar-refractivity contribution in [3.63, 3.8) is 0 Å². The maximum atomic E-state index is 13.2. The molecule has 0 aromatic heterocycles. The summed E-state index contributed by atoms with van der Waals surface area (Å²) < 4.78 is 6.11. The number of carbonyl (C=O) groups excluding carboxylic acids is 4. The highest BCUT2D eigenvalue weighted by atomic mass is 16.5. The highest BCUT2D eigenvalue weighted by molar-refractivity contribution is 6.17. The summed E-state index contributed by atoms with van der Waals surface area (Å²) >= 11 is 0. The summed E-state index contributed by atoms with van der Waals surface area (Å²) in [5.41, 5.74) is 1.69. The molecule has 1 aromatic carbocycles. The van der Waals surface area contributed by atoms with Gasteiger partial charge in [-0.05, 0) is 18.4 Å². The van der Waals surface area contributed by atoms with Crippen LogP contribution in [-0.2, 0) is 14.4 Å². The molecule has 2 aliphatic heterocycles. The number of hydrogen-bond donors (Lipinski definition) is 0. The lowest BCUT2D eigenvalue weighted by Crippen LogP contribution is -2.59. The van der Waals surface area contributed by atoms with Crippen LogP contribution in [-0.4, -0.2) is 47.5 Å². The van der Waals surface area contributed by atoms with Gasteiger partial charge in [-0.3, -0.25) is 24.2 Å². The first kappa shape index (κ1) is 19.4. The summed E-state index contributed by atoms with van der Waals surface area (Å²) in [6.07, 6.45) is 0.851. The summed E-state index contributed by atoms with van der Waals surface area (Å²) in [6, 6.07) is 4.89. The molecule has 29 heavy (non-hydrogen) atoms.